The Morgan fingerprint density at radius 3 is 2.38 bits per heavy atom. The van der Waals surface area contributed by atoms with Crippen LogP contribution in [0, 0.1) is 12.7 Å². The first-order valence-corrected chi connectivity index (χ1v) is 8.71. The number of carbonyl (C=O) groups excluding carboxylic acids is 2. The van der Waals surface area contributed by atoms with Crippen molar-refractivity contribution in [3.8, 4) is 0 Å². The van der Waals surface area contributed by atoms with Gasteiger partial charge in [0.15, 0.2) is 0 Å². The Labute approximate surface area is 152 Å². The van der Waals surface area contributed by atoms with Crippen LogP contribution < -0.4 is 5.32 Å². The van der Waals surface area contributed by atoms with Crippen LogP contribution in [0.2, 0.25) is 0 Å². The molecule has 136 valence electrons. The maximum atomic E-state index is 13.4. The van der Waals surface area contributed by atoms with E-state index >= 15 is 0 Å². The number of anilines is 1. The van der Waals surface area contributed by atoms with Crippen LogP contribution in [0.15, 0.2) is 48.5 Å². The van der Waals surface area contributed by atoms with Crippen molar-refractivity contribution in [1.29, 1.82) is 0 Å². The number of hydrogen-bond donors (Lipinski definition) is 1. The average molecular weight is 355 g/mol. The SMILES string of the molecule is Cc1cc(C(=O)N2CCCN(C(=O)Nc3ccccc3)CC2)ccc1F. The zero-order valence-corrected chi connectivity index (χ0v) is 14.7. The predicted molar refractivity (Wildman–Crippen MR) is 98.7 cm³/mol. The highest BCUT2D eigenvalue weighted by atomic mass is 19.1. The maximum absolute atomic E-state index is 13.4. The van der Waals surface area contributed by atoms with E-state index < -0.39 is 0 Å². The van der Waals surface area contributed by atoms with Crippen LogP contribution in [-0.4, -0.2) is 47.9 Å². The standard InChI is InChI=1S/C20H22FN3O2/c1-15-14-16(8-9-18(15)21)19(25)23-10-5-11-24(13-12-23)20(26)22-17-6-3-2-4-7-17/h2-4,6-9,14H,5,10-13H2,1H3,(H,22,26). The fourth-order valence-corrected chi connectivity index (χ4v) is 3.01. The minimum absolute atomic E-state index is 0.126. The monoisotopic (exact) mass is 355 g/mol. The summed E-state index contributed by atoms with van der Waals surface area (Å²) in [6.45, 7) is 3.72. The Hall–Kier alpha value is -2.89. The van der Waals surface area contributed by atoms with Crippen LogP contribution in [0.1, 0.15) is 22.3 Å². The summed E-state index contributed by atoms with van der Waals surface area (Å²) in [7, 11) is 0. The number of nitrogens with one attached hydrogen (secondary N) is 1. The second-order valence-electron chi connectivity index (χ2n) is 6.39. The quantitative estimate of drug-likeness (QED) is 0.896. The molecule has 1 N–H and O–H groups in total. The summed E-state index contributed by atoms with van der Waals surface area (Å²) >= 11 is 0. The molecule has 0 aromatic heterocycles. The van der Waals surface area contributed by atoms with Gasteiger partial charge in [-0.3, -0.25) is 4.79 Å². The van der Waals surface area contributed by atoms with Crippen LogP contribution in [0.5, 0.6) is 0 Å². The van der Waals surface area contributed by atoms with Gasteiger partial charge in [-0.1, -0.05) is 18.2 Å². The molecule has 0 spiro atoms. The molecule has 0 saturated carbocycles. The summed E-state index contributed by atoms with van der Waals surface area (Å²) in [6, 6.07) is 13.5. The van der Waals surface area contributed by atoms with E-state index in [-0.39, 0.29) is 17.8 Å². The molecule has 5 nitrogen and oxygen atoms in total. The summed E-state index contributed by atoms with van der Waals surface area (Å²) in [5, 5.41) is 2.87. The number of aryl methyl sites for hydroxylation is 1. The molecule has 2 aromatic carbocycles. The molecular formula is C20H22FN3O2. The van der Waals surface area contributed by atoms with Crippen molar-refractivity contribution in [2.75, 3.05) is 31.5 Å². The summed E-state index contributed by atoms with van der Waals surface area (Å²) < 4.78 is 13.4. The molecule has 26 heavy (non-hydrogen) atoms. The van der Waals surface area contributed by atoms with Crippen molar-refractivity contribution < 1.29 is 14.0 Å². The molecule has 3 amide bonds. The first kappa shape index (κ1) is 17.9. The normalized spacial score (nSPS) is 14.7. The molecule has 0 unspecified atom stereocenters. The number of nitrogens with zero attached hydrogens (tertiary/aromatic N) is 2. The Kier molecular flexibility index (Phi) is 5.51. The Morgan fingerprint density at radius 2 is 1.65 bits per heavy atom. The van der Waals surface area contributed by atoms with Gasteiger partial charge >= 0.3 is 6.03 Å². The highest BCUT2D eigenvalue weighted by Gasteiger charge is 2.23. The van der Waals surface area contributed by atoms with Gasteiger partial charge in [-0.25, -0.2) is 9.18 Å². The summed E-state index contributed by atoms with van der Waals surface area (Å²) in [5.74, 6) is -0.445. The molecule has 0 radical (unpaired) electrons. The average Bonchev–Trinajstić information content (AvgIpc) is 2.90. The van der Waals surface area contributed by atoms with Gasteiger partial charge in [-0.15, -0.1) is 0 Å². The minimum Gasteiger partial charge on any atom is -0.337 e. The van der Waals surface area contributed by atoms with Crippen LogP contribution in [0.25, 0.3) is 0 Å². The largest absolute Gasteiger partial charge is 0.337 e. The van der Waals surface area contributed by atoms with Crippen molar-refractivity contribution in [2.24, 2.45) is 0 Å². The van der Waals surface area contributed by atoms with E-state index in [1.165, 1.54) is 12.1 Å². The maximum Gasteiger partial charge on any atom is 0.321 e. The second-order valence-corrected chi connectivity index (χ2v) is 6.39. The topological polar surface area (TPSA) is 52.7 Å². The number of hydrogen-bond acceptors (Lipinski definition) is 2. The lowest BCUT2D eigenvalue weighted by Gasteiger charge is -2.22. The number of amides is 3. The van der Waals surface area contributed by atoms with Gasteiger partial charge in [-0.2, -0.15) is 0 Å². The van der Waals surface area contributed by atoms with Gasteiger partial charge in [0.1, 0.15) is 5.82 Å². The molecule has 0 aliphatic carbocycles. The molecule has 0 atom stereocenters. The van der Waals surface area contributed by atoms with E-state index in [9.17, 15) is 14.0 Å². The first-order valence-electron chi connectivity index (χ1n) is 8.71. The highest BCUT2D eigenvalue weighted by molar-refractivity contribution is 5.94. The molecule has 2 aromatic rings. The summed E-state index contributed by atoms with van der Waals surface area (Å²) in [6.07, 6.45) is 0.703. The third-order valence-electron chi connectivity index (χ3n) is 4.50. The van der Waals surface area contributed by atoms with Crippen molar-refractivity contribution in [3.05, 3.63) is 65.5 Å². The van der Waals surface area contributed by atoms with E-state index in [2.05, 4.69) is 5.32 Å². The number of halogens is 1. The third kappa shape index (κ3) is 4.20. The molecule has 0 bridgehead atoms. The van der Waals surface area contributed by atoms with Crippen molar-refractivity contribution in [2.45, 2.75) is 13.3 Å². The van der Waals surface area contributed by atoms with Crippen LogP contribution in [0.3, 0.4) is 0 Å². The lowest BCUT2D eigenvalue weighted by Crippen LogP contribution is -2.39. The predicted octanol–water partition coefficient (Wildman–Crippen LogP) is 3.51. The smallest absolute Gasteiger partial charge is 0.321 e. The first-order chi connectivity index (χ1) is 12.5. The van der Waals surface area contributed by atoms with Crippen LogP contribution in [0.4, 0.5) is 14.9 Å². The number of carbonyl (C=O) groups is 2. The third-order valence-corrected chi connectivity index (χ3v) is 4.50. The zero-order valence-electron chi connectivity index (χ0n) is 14.7. The Bertz CT molecular complexity index is 795. The van der Waals surface area contributed by atoms with Gasteiger partial charge in [0.05, 0.1) is 0 Å². The molecule has 1 aliphatic rings. The molecule has 3 rings (SSSR count). The fraction of sp³-hybridized carbons (Fsp3) is 0.300. The molecule has 1 heterocycles. The lowest BCUT2D eigenvalue weighted by molar-refractivity contribution is 0.0762. The van der Waals surface area contributed by atoms with Gasteiger partial charge < -0.3 is 15.1 Å². The van der Waals surface area contributed by atoms with E-state index in [1.54, 1.807) is 22.8 Å². The van der Waals surface area contributed by atoms with Crippen molar-refractivity contribution in [1.82, 2.24) is 9.80 Å². The van der Waals surface area contributed by atoms with Crippen LogP contribution >= 0.6 is 0 Å². The van der Waals surface area contributed by atoms with Crippen molar-refractivity contribution in [3.63, 3.8) is 0 Å². The number of urea groups is 1. The van der Waals surface area contributed by atoms with E-state index in [0.717, 1.165) is 5.69 Å². The minimum atomic E-state index is -0.318. The Balaban J connectivity index is 1.61. The van der Waals surface area contributed by atoms with Gasteiger partial charge in [0.2, 0.25) is 0 Å². The highest BCUT2D eigenvalue weighted by Crippen LogP contribution is 2.14. The molecule has 1 fully saturated rings. The number of para-hydroxylation sites is 1. The molecule has 1 aliphatic heterocycles. The number of benzene rings is 2. The fourth-order valence-electron chi connectivity index (χ4n) is 3.01. The second kappa shape index (κ2) is 7.99. The van der Waals surface area contributed by atoms with Crippen molar-refractivity contribution >= 4 is 17.6 Å². The molecule has 6 heteroatoms. The van der Waals surface area contributed by atoms with Crippen LogP contribution in [-0.2, 0) is 0 Å². The molecule has 1 saturated heterocycles. The van der Waals surface area contributed by atoms with Gasteiger partial charge in [-0.05, 0) is 49.2 Å². The van der Waals surface area contributed by atoms with E-state index in [1.807, 2.05) is 30.3 Å². The number of rotatable bonds is 2. The van der Waals surface area contributed by atoms with E-state index in [0.29, 0.717) is 43.7 Å². The summed E-state index contributed by atoms with van der Waals surface area (Å²) in [5.41, 5.74) is 1.68. The van der Waals surface area contributed by atoms with E-state index in [4.69, 9.17) is 0 Å². The lowest BCUT2D eigenvalue weighted by atomic mass is 10.1. The van der Waals surface area contributed by atoms with Gasteiger partial charge in [0, 0.05) is 37.4 Å². The summed E-state index contributed by atoms with van der Waals surface area (Å²) in [4.78, 5) is 28.5. The Morgan fingerprint density at radius 1 is 0.962 bits per heavy atom. The zero-order chi connectivity index (χ0) is 18.5. The van der Waals surface area contributed by atoms with Gasteiger partial charge in [0.25, 0.3) is 5.91 Å². The molecular weight excluding hydrogens is 333 g/mol.